The van der Waals surface area contributed by atoms with Crippen LogP contribution in [0.3, 0.4) is 0 Å². The van der Waals surface area contributed by atoms with Gasteiger partial charge in [-0.2, -0.15) is 5.26 Å². The van der Waals surface area contributed by atoms with Gasteiger partial charge < -0.3 is 15.7 Å². The summed E-state index contributed by atoms with van der Waals surface area (Å²) in [6.07, 6.45) is 0. The number of carbonyl (C=O) groups excluding carboxylic acids is 2. The monoisotopic (exact) mass is 425 g/mol. The van der Waals surface area contributed by atoms with E-state index in [1.165, 1.54) is 12.1 Å². The van der Waals surface area contributed by atoms with Gasteiger partial charge in [-0.25, -0.2) is 0 Å². The van der Waals surface area contributed by atoms with Crippen LogP contribution in [-0.4, -0.2) is 30.0 Å². The largest absolute Gasteiger partial charge is 0.505 e. The number of aromatic hydroxyl groups is 1. The highest BCUT2D eigenvalue weighted by molar-refractivity contribution is 6.37. The van der Waals surface area contributed by atoms with Crippen molar-refractivity contribution in [2.75, 3.05) is 13.1 Å². The van der Waals surface area contributed by atoms with Gasteiger partial charge in [-0.05, 0) is 42.0 Å². The Bertz CT molecular complexity index is 872. The molecule has 0 aliphatic carbocycles. The van der Waals surface area contributed by atoms with Gasteiger partial charge >= 0.3 is 0 Å². The van der Waals surface area contributed by atoms with Crippen LogP contribution < -0.4 is 10.6 Å². The molecular weight excluding hydrogens is 413 g/mol. The van der Waals surface area contributed by atoms with E-state index in [2.05, 4.69) is 10.6 Å². The summed E-state index contributed by atoms with van der Waals surface area (Å²) in [5, 5.41) is 23.9. The standard InChI is InChI=1S/C18H14Cl3N3O3/c19-12-3-1-10(2-4-12)17(26)24-9-13(18(27)23-6-5-22)11-7-14(20)16(25)15(21)8-11/h1-4,7-8,13,25H,6,9H2,(H,23,27)(H,24,26). The molecule has 140 valence electrons. The van der Waals surface area contributed by atoms with Crippen LogP contribution in [0.15, 0.2) is 36.4 Å². The van der Waals surface area contributed by atoms with Crippen LogP contribution in [0.5, 0.6) is 5.75 Å². The Kier molecular flexibility index (Phi) is 7.31. The lowest BCUT2D eigenvalue weighted by Gasteiger charge is -2.18. The van der Waals surface area contributed by atoms with E-state index in [1.807, 2.05) is 6.07 Å². The van der Waals surface area contributed by atoms with Crippen molar-refractivity contribution in [3.05, 3.63) is 62.6 Å². The average molecular weight is 427 g/mol. The lowest BCUT2D eigenvalue weighted by atomic mass is 9.97. The maximum Gasteiger partial charge on any atom is 0.251 e. The molecule has 2 rings (SSSR count). The highest BCUT2D eigenvalue weighted by Gasteiger charge is 2.23. The molecule has 0 aliphatic rings. The van der Waals surface area contributed by atoms with Crippen LogP contribution in [0, 0.1) is 11.3 Å². The zero-order valence-corrected chi connectivity index (χ0v) is 16.1. The van der Waals surface area contributed by atoms with Gasteiger partial charge in [0.15, 0.2) is 5.75 Å². The summed E-state index contributed by atoms with van der Waals surface area (Å²) in [6, 6.07) is 10.8. The molecule has 27 heavy (non-hydrogen) atoms. The van der Waals surface area contributed by atoms with Gasteiger partial charge in [0.1, 0.15) is 6.54 Å². The lowest BCUT2D eigenvalue weighted by Crippen LogP contribution is -2.37. The number of nitriles is 1. The smallest absolute Gasteiger partial charge is 0.251 e. The predicted octanol–water partition coefficient (Wildman–Crippen LogP) is 3.51. The van der Waals surface area contributed by atoms with E-state index in [9.17, 15) is 14.7 Å². The van der Waals surface area contributed by atoms with Crippen molar-refractivity contribution in [2.45, 2.75) is 5.92 Å². The SMILES string of the molecule is N#CCNC(=O)C(CNC(=O)c1ccc(Cl)cc1)c1cc(Cl)c(O)c(Cl)c1. The molecule has 0 spiro atoms. The molecular formula is C18H14Cl3N3O3. The van der Waals surface area contributed by atoms with Gasteiger partial charge in [-0.15, -0.1) is 0 Å². The third-order valence-electron chi connectivity index (χ3n) is 3.67. The highest BCUT2D eigenvalue weighted by Crippen LogP contribution is 2.35. The minimum Gasteiger partial charge on any atom is -0.505 e. The lowest BCUT2D eigenvalue weighted by molar-refractivity contribution is -0.122. The summed E-state index contributed by atoms with van der Waals surface area (Å²) >= 11 is 17.7. The number of phenolic OH excluding ortho intramolecular Hbond substituents is 1. The fourth-order valence-corrected chi connectivity index (χ4v) is 2.93. The minimum absolute atomic E-state index is 0.0281. The molecule has 6 nitrogen and oxygen atoms in total. The van der Waals surface area contributed by atoms with Crippen LogP contribution in [-0.2, 0) is 4.79 Å². The van der Waals surface area contributed by atoms with E-state index in [4.69, 9.17) is 40.1 Å². The van der Waals surface area contributed by atoms with Gasteiger partial charge in [0.2, 0.25) is 5.91 Å². The van der Waals surface area contributed by atoms with Gasteiger partial charge in [-0.3, -0.25) is 9.59 Å². The molecule has 0 radical (unpaired) electrons. The zero-order chi connectivity index (χ0) is 20.0. The first-order valence-corrected chi connectivity index (χ1v) is 8.83. The fourth-order valence-electron chi connectivity index (χ4n) is 2.30. The third kappa shape index (κ3) is 5.51. The zero-order valence-electron chi connectivity index (χ0n) is 13.8. The van der Waals surface area contributed by atoms with E-state index in [1.54, 1.807) is 24.3 Å². The number of nitrogens with zero attached hydrogens (tertiary/aromatic N) is 1. The van der Waals surface area contributed by atoms with Gasteiger partial charge in [0.05, 0.1) is 22.0 Å². The van der Waals surface area contributed by atoms with Crippen molar-refractivity contribution in [1.82, 2.24) is 10.6 Å². The van der Waals surface area contributed by atoms with Gasteiger partial charge in [-0.1, -0.05) is 34.8 Å². The van der Waals surface area contributed by atoms with E-state index < -0.39 is 17.7 Å². The summed E-state index contributed by atoms with van der Waals surface area (Å²) in [4.78, 5) is 24.7. The van der Waals surface area contributed by atoms with Crippen LogP contribution >= 0.6 is 34.8 Å². The maximum atomic E-state index is 12.4. The van der Waals surface area contributed by atoms with E-state index in [0.29, 0.717) is 16.1 Å². The summed E-state index contributed by atoms with van der Waals surface area (Å²) in [5.41, 5.74) is 0.756. The highest BCUT2D eigenvalue weighted by atomic mass is 35.5. The topological polar surface area (TPSA) is 102 Å². The molecule has 2 aromatic carbocycles. The van der Waals surface area contributed by atoms with Gasteiger partial charge in [0.25, 0.3) is 5.91 Å². The van der Waals surface area contributed by atoms with E-state index in [0.717, 1.165) is 0 Å². The van der Waals surface area contributed by atoms with Crippen molar-refractivity contribution in [3.8, 4) is 11.8 Å². The molecule has 0 aliphatic heterocycles. The summed E-state index contributed by atoms with van der Waals surface area (Å²) in [5.74, 6) is -2.07. The molecule has 3 N–H and O–H groups in total. The first kappa shape index (κ1) is 20.8. The number of phenols is 1. The summed E-state index contributed by atoms with van der Waals surface area (Å²) in [7, 11) is 0. The third-order valence-corrected chi connectivity index (χ3v) is 4.50. The summed E-state index contributed by atoms with van der Waals surface area (Å²) < 4.78 is 0. The van der Waals surface area contributed by atoms with Crippen molar-refractivity contribution in [3.63, 3.8) is 0 Å². The van der Waals surface area contributed by atoms with E-state index in [-0.39, 0.29) is 28.9 Å². The Hall–Kier alpha value is -2.46. The minimum atomic E-state index is -0.870. The average Bonchev–Trinajstić information content (AvgIpc) is 2.64. The molecule has 0 fully saturated rings. The molecule has 0 bridgehead atoms. The Morgan fingerprint density at radius 3 is 2.22 bits per heavy atom. The first-order chi connectivity index (χ1) is 12.8. The van der Waals surface area contributed by atoms with Crippen molar-refractivity contribution in [1.29, 1.82) is 5.26 Å². The normalized spacial score (nSPS) is 11.3. The molecule has 1 atom stereocenters. The van der Waals surface area contributed by atoms with Crippen molar-refractivity contribution in [2.24, 2.45) is 0 Å². The number of amides is 2. The second-order valence-corrected chi connectivity index (χ2v) is 6.73. The molecule has 0 aromatic heterocycles. The second-order valence-electron chi connectivity index (χ2n) is 5.48. The fraction of sp³-hybridized carbons (Fsp3) is 0.167. The molecule has 9 heteroatoms. The Labute approximate surface area is 170 Å². The van der Waals surface area contributed by atoms with Crippen molar-refractivity contribution >= 4 is 46.6 Å². The molecule has 0 heterocycles. The molecule has 0 saturated heterocycles. The van der Waals surface area contributed by atoms with Crippen LogP contribution in [0.25, 0.3) is 0 Å². The Morgan fingerprint density at radius 2 is 1.67 bits per heavy atom. The number of carbonyl (C=O) groups is 2. The molecule has 1 unspecified atom stereocenters. The Morgan fingerprint density at radius 1 is 1.07 bits per heavy atom. The van der Waals surface area contributed by atoms with Crippen LogP contribution in [0.4, 0.5) is 0 Å². The quantitative estimate of drug-likeness (QED) is 0.615. The molecule has 2 aromatic rings. The number of rotatable bonds is 6. The predicted molar refractivity (Wildman–Crippen MR) is 103 cm³/mol. The molecule has 2 amide bonds. The second kappa shape index (κ2) is 9.47. The van der Waals surface area contributed by atoms with E-state index >= 15 is 0 Å². The first-order valence-electron chi connectivity index (χ1n) is 7.69. The number of nitrogens with one attached hydrogen (secondary N) is 2. The number of halogens is 3. The van der Waals surface area contributed by atoms with Crippen molar-refractivity contribution < 1.29 is 14.7 Å². The Balaban J connectivity index is 2.22. The number of hydrogen-bond acceptors (Lipinski definition) is 4. The maximum absolute atomic E-state index is 12.4. The van der Waals surface area contributed by atoms with Crippen LogP contribution in [0.2, 0.25) is 15.1 Å². The number of benzene rings is 2. The van der Waals surface area contributed by atoms with Gasteiger partial charge in [0, 0.05) is 17.1 Å². The number of hydrogen-bond donors (Lipinski definition) is 3. The molecule has 0 saturated carbocycles. The summed E-state index contributed by atoms with van der Waals surface area (Å²) in [6.45, 7) is -0.268. The van der Waals surface area contributed by atoms with Crippen LogP contribution in [0.1, 0.15) is 21.8 Å².